The van der Waals surface area contributed by atoms with E-state index in [0.29, 0.717) is 27.3 Å². The minimum atomic E-state index is -4.68. The predicted octanol–water partition coefficient (Wildman–Crippen LogP) is 7.23. The van der Waals surface area contributed by atoms with Gasteiger partial charge in [-0.25, -0.2) is 23.1 Å². The largest absolute Gasteiger partial charge is 0.433 e. The van der Waals surface area contributed by atoms with Crippen LogP contribution in [-0.4, -0.2) is 23.9 Å². The number of halogens is 4. The molecule has 0 aliphatic carbocycles. The lowest BCUT2D eigenvalue weighted by molar-refractivity contribution is -0.141. The summed E-state index contributed by atoms with van der Waals surface area (Å²) in [5, 5.41) is 0.448. The van der Waals surface area contributed by atoms with Crippen LogP contribution in [0.5, 0.6) is 0 Å². The molecule has 192 valence electrons. The molecule has 0 saturated carbocycles. The van der Waals surface area contributed by atoms with E-state index in [0.717, 1.165) is 6.07 Å². The van der Waals surface area contributed by atoms with Crippen molar-refractivity contribution in [3.05, 3.63) is 89.6 Å². The number of rotatable bonds is 5. The van der Waals surface area contributed by atoms with E-state index in [1.54, 1.807) is 81.4 Å². The van der Waals surface area contributed by atoms with Gasteiger partial charge in [-0.1, -0.05) is 54.1 Å². The zero-order valence-corrected chi connectivity index (χ0v) is 21.7. The van der Waals surface area contributed by atoms with Gasteiger partial charge in [-0.05, 0) is 68.3 Å². The van der Waals surface area contributed by atoms with Crippen molar-refractivity contribution in [2.24, 2.45) is 0 Å². The third kappa shape index (κ3) is 6.54. The van der Waals surface area contributed by atoms with Crippen molar-refractivity contribution in [3.63, 3.8) is 0 Å². The van der Waals surface area contributed by atoms with Crippen LogP contribution in [0.4, 0.5) is 13.2 Å². The number of alkyl halides is 3. The van der Waals surface area contributed by atoms with Crippen molar-refractivity contribution in [3.8, 4) is 33.8 Å². The molecule has 0 amide bonds. The zero-order valence-electron chi connectivity index (χ0n) is 20.1. The Morgan fingerprint density at radius 3 is 1.97 bits per heavy atom. The van der Waals surface area contributed by atoms with Crippen molar-refractivity contribution in [1.82, 2.24) is 14.7 Å². The summed E-state index contributed by atoms with van der Waals surface area (Å²) in [7, 11) is -3.78. The smallest absolute Gasteiger partial charge is 0.228 e. The Kier molecular flexibility index (Phi) is 7.16. The highest BCUT2D eigenvalue weighted by molar-refractivity contribution is 7.89. The molecule has 0 unspecified atom stereocenters. The molecule has 0 aliphatic heterocycles. The molecule has 1 N–H and O–H groups in total. The van der Waals surface area contributed by atoms with Gasteiger partial charge in [-0.3, -0.25) is 0 Å². The molecule has 1 aromatic heterocycles. The molecule has 1 heterocycles. The fraction of sp³-hybridized carbons (Fsp3) is 0.185. The maximum atomic E-state index is 13.7. The van der Waals surface area contributed by atoms with Crippen LogP contribution < -0.4 is 4.72 Å². The molecule has 0 saturated heterocycles. The topological polar surface area (TPSA) is 72.0 Å². The first-order valence-corrected chi connectivity index (χ1v) is 13.0. The van der Waals surface area contributed by atoms with Gasteiger partial charge in [0.1, 0.15) is 5.69 Å². The maximum absolute atomic E-state index is 13.7. The van der Waals surface area contributed by atoms with E-state index < -0.39 is 27.4 Å². The summed E-state index contributed by atoms with van der Waals surface area (Å²) in [6, 6.07) is 20.2. The molecule has 0 aliphatic rings. The first-order valence-electron chi connectivity index (χ1n) is 11.2. The summed E-state index contributed by atoms with van der Waals surface area (Å²) in [4.78, 5) is 8.25. The molecule has 3 aromatic carbocycles. The van der Waals surface area contributed by atoms with E-state index in [-0.39, 0.29) is 16.4 Å². The zero-order chi connectivity index (χ0) is 27.0. The number of sulfonamides is 1. The van der Waals surface area contributed by atoms with Crippen LogP contribution in [0.25, 0.3) is 33.8 Å². The lowest BCUT2D eigenvalue weighted by Crippen LogP contribution is -2.40. The lowest BCUT2D eigenvalue weighted by Gasteiger charge is -2.20. The number of hydrogen-bond donors (Lipinski definition) is 1. The standard InChI is InChI=1S/C27H23ClF3N3O2S/c1-26(2,3)34-37(35,36)22-9-5-7-19(15-22)18-6-4-8-20(14-18)25-32-23(16-24(33-25)27(29,30)31)17-10-12-21(28)13-11-17/h4-16,34H,1-3H3. The molecule has 4 rings (SSSR count). The monoisotopic (exact) mass is 545 g/mol. The van der Waals surface area contributed by atoms with Gasteiger partial charge in [0.15, 0.2) is 5.82 Å². The summed E-state index contributed by atoms with van der Waals surface area (Å²) in [6.45, 7) is 5.22. The van der Waals surface area contributed by atoms with Gasteiger partial charge < -0.3 is 0 Å². The molecule has 10 heteroatoms. The van der Waals surface area contributed by atoms with Crippen LogP contribution in [0.1, 0.15) is 26.5 Å². The Hall–Kier alpha value is -3.27. The highest BCUT2D eigenvalue weighted by Gasteiger charge is 2.34. The summed E-state index contributed by atoms with van der Waals surface area (Å²) in [5.41, 5.74) is 0.328. The second-order valence-corrected chi connectivity index (χ2v) is 11.5. The van der Waals surface area contributed by atoms with Crippen molar-refractivity contribution in [2.45, 2.75) is 37.4 Å². The fourth-order valence-electron chi connectivity index (χ4n) is 3.63. The van der Waals surface area contributed by atoms with Crippen LogP contribution in [0.2, 0.25) is 5.02 Å². The third-order valence-electron chi connectivity index (χ3n) is 5.20. The number of nitrogens with zero attached hydrogens (tertiary/aromatic N) is 2. The number of nitrogens with one attached hydrogen (secondary N) is 1. The average molecular weight is 546 g/mol. The summed E-state index contributed by atoms with van der Waals surface area (Å²) < 4.78 is 69.3. The molecule has 0 atom stereocenters. The van der Waals surface area contributed by atoms with Crippen LogP contribution in [0.15, 0.2) is 83.8 Å². The van der Waals surface area contributed by atoms with E-state index in [9.17, 15) is 21.6 Å². The molecule has 0 fully saturated rings. The molecule has 5 nitrogen and oxygen atoms in total. The highest BCUT2D eigenvalue weighted by Crippen LogP contribution is 2.33. The molecule has 0 radical (unpaired) electrons. The van der Waals surface area contributed by atoms with Gasteiger partial charge >= 0.3 is 6.18 Å². The van der Waals surface area contributed by atoms with Crippen LogP contribution in [0.3, 0.4) is 0 Å². The highest BCUT2D eigenvalue weighted by atomic mass is 35.5. The van der Waals surface area contributed by atoms with Gasteiger partial charge in [-0.15, -0.1) is 0 Å². The minimum absolute atomic E-state index is 0.0747. The molecular weight excluding hydrogens is 523 g/mol. The molecular formula is C27H23ClF3N3O2S. The summed E-state index contributed by atoms with van der Waals surface area (Å²) >= 11 is 5.92. The number of benzene rings is 3. The molecule has 37 heavy (non-hydrogen) atoms. The minimum Gasteiger partial charge on any atom is -0.228 e. The van der Waals surface area contributed by atoms with E-state index >= 15 is 0 Å². The second kappa shape index (κ2) is 9.89. The third-order valence-corrected chi connectivity index (χ3v) is 7.20. The quantitative estimate of drug-likeness (QED) is 0.287. The van der Waals surface area contributed by atoms with Crippen molar-refractivity contribution in [1.29, 1.82) is 0 Å². The first kappa shape index (κ1) is 26.8. The van der Waals surface area contributed by atoms with Crippen LogP contribution in [-0.2, 0) is 16.2 Å². The van der Waals surface area contributed by atoms with Crippen molar-refractivity contribution >= 4 is 21.6 Å². The van der Waals surface area contributed by atoms with E-state index in [2.05, 4.69) is 14.7 Å². The van der Waals surface area contributed by atoms with E-state index in [1.807, 2.05) is 0 Å². The molecule has 0 bridgehead atoms. The summed E-state index contributed by atoms with van der Waals surface area (Å²) in [6.07, 6.45) is -4.68. The fourth-order valence-corrected chi connectivity index (χ4v) is 5.22. The summed E-state index contributed by atoms with van der Waals surface area (Å²) in [5.74, 6) is -0.111. The van der Waals surface area contributed by atoms with Crippen LogP contribution >= 0.6 is 11.6 Å². The van der Waals surface area contributed by atoms with E-state index in [1.165, 1.54) is 12.1 Å². The first-order chi connectivity index (χ1) is 17.2. The van der Waals surface area contributed by atoms with Crippen LogP contribution in [0, 0.1) is 0 Å². The Labute approximate surface area is 218 Å². The molecule has 4 aromatic rings. The van der Waals surface area contributed by atoms with Gasteiger partial charge in [0.05, 0.1) is 10.6 Å². The Morgan fingerprint density at radius 2 is 1.35 bits per heavy atom. The number of hydrogen-bond acceptors (Lipinski definition) is 4. The van der Waals surface area contributed by atoms with Gasteiger partial charge in [0.25, 0.3) is 0 Å². The SMILES string of the molecule is CC(C)(C)NS(=O)(=O)c1cccc(-c2cccc(-c3nc(-c4ccc(Cl)cc4)cc(C(F)(F)F)n3)c2)c1. The normalized spacial score (nSPS) is 12.5. The van der Waals surface area contributed by atoms with Gasteiger partial charge in [0.2, 0.25) is 10.0 Å². The predicted molar refractivity (Wildman–Crippen MR) is 138 cm³/mol. The Morgan fingerprint density at radius 1 is 0.757 bits per heavy atom. The van der Waals surface area contributed by atoms with Crippen molar-refractivity contribution in [2.75, 3.05) is 0 Å². The molecule has 0 spiro atoms. The number of aromatic nitrogens is 2. The van der Waals surface area contributed by atoms with Crippen molar-refractivity contribution < 1.29 is 21.6 Å². The lowest BCUT2D eigenvalue weighted by atomic mass is 10.0. The van der Waals surface area contributed by atoms with E-state index in [4.69, 9.17) is 11.6 Å². The maximum Gasteiger partial charge on any atom is 0.433 e. The second-order valence-electron chi connectivity index (χ2n) is 9.43. The average Bonchev–Trinajstić information content (AvgIpc) is 2.82. The Bertz CT molecular complexity index is 1550. The van der Waals surface area contributed by atoms with Gasteiger partial charge in [0, 0.05) is 21.7 Å². The Balaban J connectivity index is 1.79. The van der Waals surface area contributed by atoms with Gasteiger partial charge in [-0.2, -0.15) is 13.2 Å².